The Bertz CT molecular complexity index is 476. The van der Waals surface area contributed by atoms with Gasteiger partial charge >= 0.3 is 0 Å². The number of imide groups is 1. The number of carbonyl (C=O) groups excluding carboxylic acids is 2. The Hall–Kier alpha value is -1.75. The van der Waals surface area contributed by atoms with Gasteiger partial charge in [-0.25, -0.2) is 0 Å². The van der Waals surface area contributed by atoms with Gasteiger partial charge in [0.15, 0.2) is 0 Å². The van der Waals surface area contributed by atoms with Gasteiger partial charge < -0.3 is 5.11 Å². The SMILES string of the molecule is CC(C)(CCCO)CN1C(=O)c2cccnc2C1=O. The first-order chi connectivity index (χ1) is 8.96. The fourth-order valence-corrected chi connectivity index (χ4v) is 2.32. The molecule has 0 radical (unpaired) electrons. The van der Waals surface area contributed by atoms with Gasteiger partial charge in [-0.2, -0.15) is 0 Å². The number of fused-ring (bicyclic) bond motifs is 1. The molecule has 0 unspecified atom stereocenters. The van der Waals surface area contributed by atoms with Crippen LogP contribution >= 0.6 is 0 Å². The average molecular weight is 262 g/mol. The molecule has 0 fully saturated rings. The van der Waals surface area contributed by atoms with Gasteiger partial charge in [-0.3, -0.25) is 19.5 Å². The third kappa shape index (κ3) is 2.66. The van der Waals surface area contributed by atoms with Crippen LogP contribution in [0.4, 0.5) is 0 Å². The molecular formula is C14H18N2O3. The highest BCUT2D eigenvalue weighted by molar-refractivity contribution is 6.20. The van der Waals surface area contributed by atoms with Crippen LogP contribution in [0.1, 0.15) is 47.5 Å². The third-order valence-corrected chi connectivity index (χ3v) is 3.33. The molecule has 0 atom stereocenters. The second-order valence-electron chi connectivity index (χ2n) is 5.59. The lowest BCUT2D eigenvalue weighted by Crippen LogP contribution is -2.38. The summed E-state index contributed by atoms with van der Waals surface area (Å²) in [6.45, 7) is 4.44. The van der Waals surface area contributed by atoms with Crippen molar-refractivity contribution in [1.29, 1.82) is 0 Å². The summed E-state index contributed by atoms with van der Waals surface area (Å²) in [5, 5.41) is 8.88. The molecule has 1 aliphatic rings. The van der Waals surface area contributed by atoms with Crippen molar-refractivity contribution < 1.29 is 14.7 Å². The van der Waals surface area contributed by atoms with E-state index in [1.54, 1.807) is 12.1 Å². The molecule has 0 aromatic carbocycles. The Balaban J connectivity index is 2.16. The van der Waals surface area contributed by atoms with Crippen LogP contribution in [0, 0.1) is 5.41 Å². The molecule has 0 saturated carbocycles. The van der Waals surface area contributed by atoms with Crippen LogP contribution in [0.25, 0.3) is 0 Å². The van der Waals surface area contributed by atoms with E-state index in [2.05, 4.69) is 4.98 Å². The maximum absolute atomic E-state index is 12.2. The molecule has 1 N–H and O–H groups in total. The van der Waals surface area contributed by atoms with Gasteiger partial charge in [0.05, 0.1) is 5.56 Å². The van der Waals surface area contributed by atoms with Gasteiger partial charge in [0, 0.05) is 19.3 Å². The molecule has 0 spiro atoms. The van der Waals surface area contributed by atoms with Crippen molar-refractivity contribution in [3.63, 3.8) is 0 Å². The van der Waals surface area contributed by atoms with E-state index in [1.165, 1.54) is 11.1 Å². The quantitative estimate of drug-likeness (QED) is 0.816. The summed E-state index contributed by atoms with van der Waals surface area (Å²) in [6.07, 6.45) is 2.93. The fourth-order valence-electron chi connectivity index (χ4n) is 2.32. The van der Waals surface area contributed by atoms with Gasteiger partial charge in [0.25, 0.3) is 11.8 Å². The highest BCUT2D eigenvalue weighted by Crippen LogP contribution is 2.28. The standard InChI is InChI=1S/C14H18N2O3/c1-14(2,6-4-8-17)9-16-12(18)10-5-3-7-15-11(10)13(16)19/h3,5,7,17H,4,6,8-9H2,1-2H3. The minimum atomic E-state index is -0.322. The number of nitrogens with zero attached hydrogens (tertiary/aromatic N) is 2. The molecule has 1 aliphatic heterocycles. The van der Waals surface area contributed by atoms with E-state index in [9.17, 15) is 9.59 Å². The van der Waals surface area contributed by atoms with E-state index in [4.69, 9.17) is 5.11 Å². The minimum absolute atomic E-state index is 0.118. The number of pyridine rings is 1. The Morgan fingerprint density at radius 3 is 2.68 bits per heavy atom. The molecule has 2 heterocycles. The first-order valence-corrected chi connectivity index (χ1v) is 6.38. The highest BCUT2D eigenvalue weighted by atomic mass is 16.3. The molecule has 5 heteroatoms. The monoisotopic (exact) mass is 262 g/mol. The molecule has 19 heavy (non-hydrogen) atoms. The summed E-state index contributed by atoms with van der Waals surface area (Å²) in [4.78, 5) is 29.6. The van der Waals surface area contributed by atoms with Crippen molar-refractivity contribution in [2.24, 2.45) is 5.41 Å². The van der Waals surface area contributed by atoms with Crippen molar-refractivity contribution >= 4 is 11.8 Å². The van der Waals surface area contributed by atoms with Gasteiger partial charge in [-0.1, -0.05) is 13.8 Å². The van der Waals surface area contributed by atoms with Crippen molar-refractivity contribution in [2.45, 2.75) is 26.7 Å². The zero-order valence-electron chi connectivity index (χ0n) is 11.2. The van der Waals surface area contributed by atoms with Gasteiger partial charge in [0.1, 0.15) is 5.69 Å². The van der Waals surface area contributed by atoms with Crippen molar-refractivity contribution in [2.75, 3.05) is 13.2 Å². The Kier molecular flexibility index (Phi) is 3.66. The van der Waals surface area contributed by atoms with Crippen molar-refractivity contribution in [3.05, 3.63) is 29.6 Å². The second kappa shape index (κ2) is 5.09. The van der Waals surface area contributed by atoms with Gasteiger partial charge in [-0.05, 0) is 30.4 Å². The summed E-state index contributed by atoms with van der Waals surface area (Å²) in [5.74, 6) is -0.595. The topological polar surface area (TPSA) is 70.5 Å². The summed E-state index contributed by atoms with van der Waals surface area (Å²) < 4.78 is 0. The van der Waals surface area contributed by atoms with E-state index in [0.29, 0.717) is 18.5 Å². The maximum atomic E-state index is 12.2. The molecule has 0 aliphatic carbocycles. The molecule has 5 nitrogen and oxygen atoms in total. The van der Waals surface area contributed by atoms with E-state index in [-0.39, 0.29) is 29.5 Å². The summed E-state index contributed by atoms with van der Waals surface area (Å²) in [7, 11) is 0. The Labute approximate surface area is 112 Å². The number of hydrogen-bond acceptors (Lipinski definition) is 4. The normalized spacial score (nSPS) is 15.0. The summed E-state index contributed by atoms with van der Waals surface area (Å²) in [6, 6.07) is 3.29. The molecule has 2 rings (SSSR count). The first-order valence-electron chi connectivity index (χ1n) is 6.38. The van der Waals surface area contributed by atoms with Crippen molar-refractivity contribution in [3.8, 4) is 0 Å². The van der Waals surface area contributed by atoms with E-state index < -0.39 is 0 Å². The number of amides is 2. The van der Waals surface area contributed by atoms with Gasteiger partial charge in [-0.15, -0.1) is 0 Å². The molecular weight excluding hydrogens is 244 g/mol. The van der Waals surface area contributed by atoms with Crippen LogP contribution in [0.3, 0.4) is 0 Å². The summed E-state index contributed by atoms with van der Waals surface area (Å²) >= 11 is 0. The lowest BCUT2D eigenvalue weighted by Gasteiger charge is -2.28. The third-order valence-electron chi connectivity index (χ3n) is 3.33. The van der Waals surface area contributed by atoms with Crippen LogP contribution in [0.15, 0.2) is 18.3 Å². The lowest BCUT2D eigenvalue weighted by molar-refractivity contribution is 0.0578. The van der Waals surface area contributed by atoms with E-state index in [1.807, 2.05) is 13.8 Å². The molecule has 1 aromatic heterocycles. The fraction of sp³-hybridized carbons (Fsp3) is 0.500. The second-order valence-corrected chi connectivity index (χ2v) is 5.59. The Morgan fingerprint density at radius 2 is 2.05 bits per heavy atom. The van der Waals surface area contributed by atoms with E-state index >= 15 is 0 Å². The Morgan fingerprint density at radius 1 is 1.32 bits per heavy atom. The number of aromatic nitrogens is 1. The zero-order valence-corrected chi connectivity index (χ0v) is 11.2. The number of aliphatic hydroxyl groups excluding tert-OH is 1. The predicted octanol–water partition coefficient (Wildman–Crippen LogP) is 1.48. The molecule has 0 bridgehead atoms. The average Bonchev–Trinajstić information content (AvgIpc) is 2.62. The van der Waals surface area contributed by atoms with Crippen LogP contribution in [-0.4, -0.2) is 40.0 Å². The predicted molar refractivity (Wildman–Crippen MR) is 69.7 cm³/mol. The summed E-state index contributed by atoms with van der Waals surface area (Å²) in [5.41, 5.74) is 0.409. The van der Waals surface area contributed by atoms with Crippen LogP contribution in [0.5, 0.6) is 0 Å². The first kappa shape index (κ1) is 13.7. The smallest absolute Gasteiger partial charge is 0.280 e. The van der Waals surface area contributed by atoms with Crippen LogP contribution in [0.2, 0.25) is 0 Å². The molecule has 2 amide bonds. The number of rotatable bonds is 5. The number of aliphatic hydroxyl groups is 1. The number of hydrogen-bond donors (Lipinski definition) is 1. The minimum Gasteiger partial charge on any atom is -0.396 e. The maximum Gasteiger partial charge on any atom is 0.280 e. The molecule has 102 valence electrons. The molecule has 0 saturated heterocycles. The zero-order chi connectivity index (χ0) is 14.0. The lowest BCUT2D eigenvalue weighted by atomic mass is 9.87. The van der Waals surface area contributed by atoms with Gasteiger partial charge in [0.2, 0.25) is 0 Å². The van der Waals surface area contributed by atoms with E-state index in [0.717, 1.165) is 6.42 Å². The molecule has 1 aromatic rings. The van der Waals surface area contributed by atoms with Crippen LogP contribution in [-0.2, 0) is 0 Å². The number of carbonyl (C=O) groups is 2. The highest BCUT2D eigenvalue weighted by Gasteiger charge is 2.39. The largest absolute Gasteiger partial charge is 0.396 e. The van der Waals surface area contributed by atoms with Crippen molar-refractivity contribution in [1.82, 2.24) is 9.88 Å². The van der Waals surface area contributed by atoms with Crippen LogP contribution < -0.4 is 0 Å².